The van der Waals surface area contributed by atoms with Gasteiger partial charge in [-0.15, -0.1) is 0 Å². The van der Waals surface area contributed by atoms with E-state index in [1.54, 1.807) is 7.05 Å². The van der Waals surface area contributed by atoms with Gasteiger partial charge in [0.2, 0.25) is 0 Å². The molecule has 1 aliphatic rings. The van der Waals surface area contributed by atoms with Crippen LogP contribution in [0.15, 0.2) is 4.99 Å². The fraction of sp³-hybridized carbons (Fsp3) is 0.917. The van der Waals surface area contributed by atoms with E-state index in [4.69, 9.17) is 0 Å². The molecule has 1 fully saturated rings. The molecule has 0 aliphatic carbocycles. The van der Waals surface area contributed by atoms with Crippen LogP contribution < -0.4 is 10.6 Å². The van der Waals surface area contributed by atoms with Gasteiger partial charge in [0.05, 0.1) is 12.3 Å². The highest BCUT2D eigenvalue weighted by molar-refractivity contribution is 7.90. The number of hydrogen-bond acceptors (Lipinski definition) is 4. The van der Waals surface area contributed by atoms with Crippen molar-refractivity contribution in [3.8, 4) is 0 Å². The molecule has 1 saturated heterocycles. The number of rotatable bonds is 6. The number of aliphatic imine (C=N–C) groups is 1. The first-order valence-corrected chi connectivity index (χ1v) is 9.09. The molecule has 0 aromatic carbocycles. The molecule has 1 aliphatic heterocycles. The first-order chi connectivity index (χ1) is 10.1. The Balaban J connectivity index is 2.30. The molecule has 1 atom stereocenters. The van der Waals surface area contributed by atoms with Gasteiger partial charge in [-0.2, -0.15) is 13.2 Å². The molecule has 0 bridgehead atoms. The Morgan fingerprint density at radius 1 is 1.41 bits per heavy atom. The van der Waals surface area contributed by atoms with Gasteiger partial charge in [0.25, 0.3) is 0 Å². The Morgan fingerprint density at radius 3 is 2.64 bits per heavy atom. The molecule has 0 aromatic heterocycles. The van der Waals surface area contributed by atoms with Crippen LogP contribution in [0.3, 0.4) is 0 Å². The summed E-state index contributed by atoms with van der Waals surface area (Å²) in [6.07, 6.45) is -1.95. The molecule has 2 N–H and O–H groups in total. The van der Waals surface area contributed by atoms with Crippen molar-refractivity contribution in [1.82, 2.24) is 15.5 Å². The second-order valence-electron chi connectivity index (χ2n) is 5.46. The monoisotopic (exact) mass is 344 g/mol. The van der Waals surface area contributed by atoms with Crippen LogP contribution >= 0.6 is 0 Å². The van der Waals surface area contributed by atoms with Crippen molar-refractivity contribution < 1.29 is 21.6 Å². The molecule has 130 valence electrons. The highest BCUT2D eigenvalue weighted by Gasteiger charge is 2.34. The van der Waals surface area contributed by atoms with Crippen LogP contribution in [0, 0.1) is 0 Å². The number of hydrogen-bond donors (Lipinski definition) is 2. The number of alkyl halides is 3. The van der Waals surface area contributed by atoms with Gasteiger partial charge < -0.3 is 10.6 Å². The third kappa shape index (κ3) is 8.42. The molecule has 1 rings (SSSR count). The number of nitrogens with zero attached hydrogens (tertiary/aromatic N) is 2. The van der Waals surface area contributed by atoms with E-state index in [1.807, 2.05) is 0 Å². The quantitative estimate of drug-likeness (QED) is 0.410. The van der Waals surface area contributed by atoms with Crippen LogP contribution in [0.5, 0.6) is 0 Å². The number of likely N-dealkylation sites (tertiary alicyclic amines) is 1. The Morgan fingerprint density at radius 2 is 2.09 bits per heavy atom. The fourth-order valence-electron chi connectivity index (χ4n) is 2.28. The van der Waals surface area contributed by atoms with Crippen molar-refractivity contribution in [3.05, 3.63) is 0 Å². The van der Waals surface area contributed by atoms with E-state index in [-0.39, 0.29) is 11.8 Å². The standard InChI is InChI=1S/C12H23F3N4O2S/c1-16-11(17-5-3-7-22(2,20)21)18-10-4-6-19(8-10)9-12(13,14)15/h10H,3-9H2,1-2H3,(H2,16,17,18). The maximum absolute atomic E-state index is 12.3. The Hall–Kier alpha value is -1.03. The van der Waals surface area contributed by atoms with Crippen LogP contribution in [0.4, 0.5) is 13.2 Å². The topological polar surface area (TPSA) is 73.8 Å². The van der Waals surface area contributed by atoms with Crippen LogP contribution in [0.1, 0.15) is 12.8 Å². The van der Waals surface area contributed by atoms with Crippen LogP contribution in [-0.2, 0) is 9.84 Å². The van der Waals surface area contributed by atoms with E-state index in [1.165, 1.54) is 11.2 Å². The second kappa shape index (κ2) is 8.00. The molecular weight excluding hydrogens is 321 g/mol. The van der Waals surface area contributed by atoms with Gasteiger partial charge in [0.15, 0.2) is 5.96 Å². The lowest BCUT2D eigenvalue weighted by Crippen LogP contribution is -2.45. The molecule has 22 heavy (non-hydrogen) atoms. The third-order valence-corrected chi connectivity index (χ3v) is 4.25. The summed E-state index contributed by atoms with van der Waals surface area (Å²) in [5.74, 6) is 0.562. The number of sulfone groups is 1. The van der Waals surface area contributed by atoms with E-state index >= 15 is 0 Å². The first kappa shape index (κ1) is 19.0. The van der Waals surface area contributed by atoms with Crippen LogP contribution in [0.25, 0.3) is 0 Å². The molecule has 0 aromatic rings. The number of nitrogens with one attached hydrogen (secondary N) is 2. The van der Waals surface area contributed by atoms with E-state index < -0.39 is 22.6 Å². The molecule has 1 unspecified atom stereocenters. The van der Waals surface area contributed by atoms with Crippen molar-refractivity contribution in [3.63, 3.8) is 0 Å². The van der Waals surface area contributed by atoms with E-state index in [0.29, 0.717) is 38.4 Å². The summed E-state index contributed by atoms with van der Waals surface area (Å²) in [5, 5.41) is 6.03. The van der Waals surface area contributed by atoms with Gasteiger partial charge in [0.1, 0.15) is 9.84 Å². The summed E-state index contributed by atoms with van der Waals surface area (Å²) in [6, 6.07) is -0.0940. The van der Waals surface area contributed by atoms with Gasteiger partial charge in [-0.1, -0.05) is 0 Å². The van der Waals surface area contributed by atoms with Gasteiger partial charge in [-0.05, 0) is 12.8 Å². The zero-order chi connectivity index (χ0) is 16.8. The van der Waals surface area contributed by atoms with Crippen molar-refractivity contribution in [1.29, 1.82) is 0 Å². The average Bonchev–Trinajstić information content (AvgIpc) is 2.76. The lowest BCUT2D eigenvalue weighted by Gasteiger charge is -2.19. The fourth-order valence-corrected chi connectivity index (χ4v) is 2.95. The molecule has 0 amide bonds. The van der Waals surface area contributed by atoms with Crippen molar-refractivity contribution in [2.24, 2.45) is 4.99 Å². The van der Waals surface area contributed by atoms with E-state index in [0.717, 1.165) is 0 Å². The average molecular weight is 344 g/mol. The Bertz CT molecular complexity index is 479. The summed E-state index contributed by atoms with van der Waals surface area (Å²) in [6.45, 7) is 0.239. The Kier molecular flexibility index (Phi) is 6.92. The molecule has 0 radical (unpaired) electrons. The third-order valence-electron chi connectivity index (χ3n) is 3.22. The largest absolute Gasteiger partial charge is 0.401 e. The minimum absolute atomic E-state index is 0.0831. The minimum Gasteiger partial charge on any atom is -0.356 e. The molecule has 1 heterocycles. The zero-order valence-electron chi connectivity index (χ0n) is 12.8. The lowest BCUT2D eigenvalue weighted by molar-refractivity contribution is -0.143. The molecular formula is C12H23F3N4O2S. The highest BCUT2D eigenvalue weighted by atomic mass is 32.2. The smallest absolute Gasteiger partial charge is 0.356 e. The van der Waals surface area contributed by atoms with Crippen LogP contribution in [-0.4, -0.2) is 76.7 Å². The summed E-state index contributed by atoms with van der Waals surface area (Å²) in [5.41, 5.74) is 0. The predicted octanol–water partition coefficient (Wildman–Crippen LogP) is 0.223. The summed E-state index contributed by atoms with van der Waals surface area (Å²) in [7, 11) is -1.43. The van der Waals surface area contributed by atoms with Gasteiger partial charge in [-0.25, -0.2) is 8.42 Å². The van der Waals surface area contributed by atoms with Gasteiger partial charge >= 0.3 is 6.18 Å². The SMILES string of the molecule is CN=C(NCCCS(C)(=O)=O)NC1CCN(CC(F)(F)F)C1. The summed E-state index contributed by atoms with van der Waals surface area (Å²) >= 11 is 0. The second-order valence-corrected chi connectivity index (χ2v) is 7.72. The number of guanidine groups is 1. The van der Waals surface area contributed by atoms with Crippen molar-refractivity contribution >= 4 is 15.8 Å². The maximum Gasteiger partial charge on any atom is 0.401 e. The first-order valence-electron chi connectivity index (χ1n) is 7.03. The minimum atomic E-state index is -4.18. The van der Waals surface area contributed by atoms with Crippen LogP contribution in [0.2, 0.25) is 0 Å². The highest BCUT2D eigenvalue weighted by Crippen LogP contribution is 2.19. The van der Waals surface area contributed by atoms with Gasteiger partial charge in [0, 0.05) is 39.0 Å². The van der Waals surface area contributed by atoms with Crippen molar-refractivity contribution in [2.75, 3.05) is 45.2 Å². The number of halogens is 3. The van der Waals surface area contributed by atoms with Crippen molar-refractivity contribution in [2.45, 2.75) is 25.1 Å². The normalized spacial score (nSPS) is 21.1. The van der Waals surface area contributed by atoms with E-state index in [2.05, 4.69) is 15.6 Å². The molecule has 0 spiro atoms. The molecule has 10 heteroatoms. The zero-order valence-corrected chi connectivity index (χ0v) is 13.6. The maximum atomic E-state index is 12.3. The molecule has 0 saturated carbocycles. The summed E-state index contributed by atoms with van der Waals surface area (Å²) in [4.78, 5) is 5.35. The lowest BCUT2D eigenvalue weighted by atomic mass is 10.3. The predicted molar refractivity (Wildman–Crippen MR) is 79.7 cm³/mol. The van der Waals surface area contributed by atoms with E-state index in [9.17, 15) is 21.6 Å². The molecule has 6 nitrogen and oxygen atoms in total. The van der Waals surface area contributed by atoms with Gasteiger partial charge in [-0.3, -0.25) is 9.89 Å². The Labute approximate surface area is 129 Å². The summed E-state index contributed by atoms with van der Waals surface area (Å²) < 4.78 is 59.0.